The third kappa shape index (κ3) is 2.65. The van der Waals surface area contributed by atoms with Crippen LogP contribution in [0, 0.1) is 13.8 Å². The van der Waals surface area contributed by atoms with E-state index < -0.39 is 0 Å². The summed E-state index contributed by atoms with van der Waals surface area (Å²) >= 11 is 0. The van der Waals surface area contributed by atoms with Crippen LogP contribution in [0.5, 0.6) is 5.75 Å². The maximum atomic E-state index is 12.0. The first-order valence-electron chi connectivity index (χ1n) is 8.43. The summed E-state index contributed by atoms with van der Waals surface area (Å²) in [7, 11) is 1.67. The fourth-order valence-corrected chi connectivity index (χ4v) is 3.50. The van der Waals surface area contributed by atoms with Crippen LogP contribution in [0.1, 0.15) is 22.3 Å². The molecule has 5 nitrogen and oxygen atoms in total. The lowest BCUT2D eigenvalue weighted by molar-refractivity contribution is -0.115. The summed E-state index contributed by atoms with van der Waals surface area (Å²) in [6.45, 7) is 6.07. The Kier molecular flexibility index (Phi) is 3.71. The van der Waals surface area contributed by atoms with Gasteiger partial charge in [-0.3, -0.25) is 4.79 Å². The first kappa shape index (κ1) is 15.7. The standard InChI is InChI=1S/C20H21N3O2/c1-13-4-9-18-17(14(13)2)11-22(20-21-19(24)12-23(18)20)10-15-5-7-16(25-3)8-6-15/h4-9H,10-12H2,1-3H3. The highest BCUT2D eigenvalue weighted by molar-refractivity contribution is 6.12. The van der Waals surface area contributed by atoms with Gasteiger partial charge < -0.3 is 14.5 Å². The Hall–Kier alpha value is -2.82. The van der Waals surface area contributed by atoms with Crippen LogP contribution in [0.15, 0.2) is 41.4 Å². The molecule has 4 rings (SSSR count). The van der Waals surface area contributed by atoms with Gasteiger partial charge in [0.2, 0.25) is 5.96 Å². The van der Waals surface area contributed by atoms with Gasteiger partial charge in [0, 0.05) is 18.8 Å². The van der Waals surface area contributed by atoms with E-state index in [2.05, 4.69) is 48.0 Å². The van der Waals surface area contributed by atoms with Crippen LogP contribution >= 0.6 is 0 Å². The van der Waals surface area contributed by atoms with Gasteiger partial charge in [0.15, 0.2) is 0 Å². The summed E-state index contributed by atoms with van der Waals surface area (Å²) in [6, 6.07) is 12.3. The molecule has 2 aromatic carbocycles. The molecule has 0 fully saturated rings. The molecular formula is C20H21N3O2. The van der Waals surface area contributed by atoms with Gasteiger partial charge in [-0.15, -0.1) is 0 Å². The van der Waals surface area contributed by atoms with E-state index in [4.69, 9.17) is 4.74 Å². The molecule has 0 radical (unpaired) electrons. The number of anilines is 1. The molecular weight excluding hydrogens is 314 g/mol. The highest BCUT2D eigenvalue weighted by Gasteiger charge is 2.35. The van der Waals surface area contributed by atoms with E-state index in [1.54, 1.807) is 7.11 Å². The fraction of sp³-hybridized carbons (Fsp3) is 0.300. The Labute approximate surface area is 147 Å². The second kappa shape index (κ2) is 5.92. The summed E-state index contributed by atoms with van der Waals surface area (Å²) in [6.07, 6.45) is 0. The molecule has 25 heavy (non-hydrogen) atoms. The van der Waals surface area contributed by atoms with E-state index >= 15 is 0 Å². The lowest BCUT2D eigenvalue weighted by Crippen LogP contribution is -2.46. The minimum absolute atomic E-state index is 0.0826. The average Bonchev–Trinajstić information content (AvgIpc) is 3.01. The fourth-order valence-electron chi connectivity index (χ4n) is 3.50. The van der Waals surface area contributed by atoms with Gasteiger partial charge in [-0.25, -0.2) is 0 Å². The highest BCUT2D eigenvalue weighted by Crippen LogP contribution is 2.35. The van der Waals surface area contributed by atoms with Gasteiger partial charge in [0.1, 0.15) is 12.3 Å². The number of hydrogen-bond donors (Lipinski definition) is 0. The molecule has 1 amide bonds. The molecule has 0 saturated carbocycles. The molecule has 2 aromatic rings. The summed E-state index contributed by atoms with van der Waals surface area (Å²) in [5.41, 5.74) is 6.11. The van der Waals surface area contributed by atoms with Gasteiger partial charge in [-0.1, -0.05) is 18.2 Å². The quantitative estimate of drug-likeness (QED) is 0.865. The average molecular weight is 335 g/mol. The molecule has 128 valence electrons. The van der Waals surface area contributed by atoms with Crippen molar-refractivity contribution in [1.29, 1.82) is 0 Å². The second-order valence-electron chi connectivity index (χ2n) is 6.60. The van der Waals surface area contributed by atoms with E-state index in [1.807, 2.05) is 17.0 Å². The van der Waals surface area contributed by atoms with Crippen LogP contribution in [0.25, 0.3) is 0 Å². The van der Waals surface area contributed by atoms with Crippen LogP contribution < -0.4 is 9.64 Å². The number of nitrogens with zero attached hydrogens (tertiary/aromatic N) is 3. The van der Waals surface area contributed by atoms with E-state index in [0.29, 0.717) is 13.1 Å². The Morgan fingerprint density at radius 3 is 2.56 bits per heavy atom. The summed E-state index contributed by atoms with van der Waals surface area (Å²) < 4.78 is 5.23. The Morgan fingerprint density at radius 1 is 1.08 bits per heavy atom. The van der Waals surface area contributed by atoms with Gasteiger partial charge >= 0.3 is 0 Å². The number of methoxy groups -OCH3 is 1. The van der Waals surface area contributed by atoms with Crippen LogP contribution in [0.4, 0.5) is 5.69 Å². The van der Waals surface area contributed by atoms with Crippen molar-refractivity contribution in [3.05, 3.63) is 58.7 Å². The zero-order valence-corrected chi connectivity index (χ0v) is 14.7. The monoisotopic (exact) mass is 335 g/mol. The predicted octanol–water partition coefficient (Wildman–Crippen LogP) is 3.03. The van der Waals surface area contributed by atoms with Crippen LogP contribution in [-0.4, -0.2) is 30.4 Å². The summed E-state index contributed by atoms with van der Waals surface area (Å²) in [5, 5.41) is 0. The molecule has 0 unspecified atom stereocenters. The molecule has 0 saturated heterocycles. The molecule has 0 N–H and O–H groups in total. The van der Waals surface area contributed by atoms with Gasteiger partial charge in [-0.2, -0.15) is 4.99 Å². The van der Waals surface area contributed by atoms with Crippen molar-refractivity contribution in [2.24, 2.45) is 4.99 Å². The number of guanidine groups is 1. The van der Waals surface area contributed by atoms with Crippen LogP contribution in [0.3, 0.4) is 0 Å². The zero-order valence-electron chi connectivity index (χ0n) is 14.7. The van der Waals surface area contributed by atoms with Gasteiger partial charge in [0.25, 0.3) is 5.91 Å². The summed E-state index contributed by atoms with van der Waals surface area (Å²) in [5.74, 6) is 1.52. The Bertz CT molecular complexity index is 871. The number of ether oxygens (including phenoxy) is 1. The van der Waals surface area contributed by atoms with Gasteiger partial charge in [-0.05, 0) is 54.3 Å². The SMILES string of the molecule is COc1ccc(CN2Cc3c(ccc(C)c3C)N3CC(=O)N=C23)cc1. The normalized spacial score (nSPS) is 15.8. The first-order chi connectivity index (χ1) is 12.1. The van der Waals surface area contributed by atoms with E-state index in [1.165, 1.54) is 16.7 Å². The van der Waals surface area contributed by atoms with E-state index in [-0.39, 0.29) is 5.91 Å². The minimum atomic E-state index is -0.0826. The highest BCUT2D eigenvalue weighted by atomic mass is 16.5. The topological polar surface area (TPSA) is 45.1 Å². The molecule has 2 aliphatic rings. The van der Waals surface area contributed by atoms with E-state index in [0.717, 1.165) is 29.5 Å². The zero-order chi connectivity index (χ0) is 17.6. The number of amides is 1. The van der Waals surface area contributed by atoms with Crippen molar-refractivity contribution in [3.8, 4) is 5.75 Å². The number of hydrogen-bond acceptors (Lipinski definition) is 4. The molecule has 0 atom stereocenters. The molecule has 0 bridgehead atoms. The maximum Gasteiger partial charge on any atom is 0.268 e. The van der Waals surface area contributed by atoms with E-state index in [9.17, 15) is 4.79 Å². The molecule has 2 aliphatic heterocycles. The van der Waals surface area contributed by atoms with Crippen LogP contribution in [-0.2, 0) is 17.9 Å². The van der Waals surface area contributed by atoms with Crippen molar-refractivity contribution in [2.45, 2.75) is 26.9 Å². The molecule has 0 spiro atoms. The number of fused-ring (bicyclic) bond motifs is 3. The first-order valence-corrected chi connectivity index (χ1v) is 8.43. The number of rotatable bonds is 3. The van der Waals surface area contributed by atoms with Crippen molar-refractivity contribution in [2.75, 3.05) is 18.6 Å². The Morgan fingerprint density at radius 2 is 1.84 bits per heavy atom. The molecule has 0 aromatic heterocycles. The number of carbonyl (C=O) groups excluding carboxylic acids is 1. The number of aliphatic imine (C=N–C) groups is 1. The van der Waals surface area contributed by atoms with Crippen molar-refractivity contribution in [1.82, 2.24) is 4.90 Å². The number of benzene rings is 2. The van der Waals surface area contributed by atoms with Gasteiger partial charge in [0.05, 0.1) is 7.11 Å². The van der Waals surface area contributed by atoms with Crippen molar-refractivity contribution < 1.29 is 9.53 Å². The molecule has 5 heteroatoms. The number of aryl methyl sites for hydroxylation is 1. The smallest absolute Gasteiger partial charge is 0.268 e. The van der Waals surface area contributed by atoms with Crippen LogP contribution in [0.2, 0.25) is 0 Å². The Balaban J connectivity index is 1.71. The minimum Gasteiger partial charge on any atom is -0.497 e. The largest absolute Gasteiger partial charge is 0.497 e. The third-order valence-electron chi connectivity index (χ3n) is 5.06. The number of carbonyl (C=O) groups is 1. The molecule has 2 heterocycles. The predicted molar refractivity (Wildman–Crippen MR) is 97.9 cm³/mol. The lowest BCUT2D eigenvalue weighted by atomic mass is 9.98. The lowest BCUT2D eigenvalue weighted by Gasteiger charge is -2.38. The second-order valence-corrected chi connectivity index (χ2v) is 6.60. The molecule has 0 aliphatic carbocycles. The van der Waals surface area contributed by atoms with Crippen molar-refractivity contribution >= 4 is 17.6 Å². The third-order valence-corrected chi connectivity index (χ3v) is 5.06. The maximum absolute atomic E-state index is 12.0. The van der Waals surface area contributed by atoms with Crippen molar-refractivity contribution in [3.63, 3.8) is 0 Å². The summed E-state index contributed by atoms with van der Waals surface area (Å²) in [4.78, 5) is 20.5.